The predicted octanol–water partition coefficient (Wildman–Crippen LogP) is 0.783. The van der Waals surface area contributed by atoms with Gasteiger partial charge in [0.25, 0.3) is 0 Å². The lowest BCUT2D eigenvalue weighted by atomic mass is 10.2. The molecular formula is C14H22N4O3S2. The van der Waals surface area contributed by atoms with Crippen LogP contribution < -0.4 is 10.2 Å². The maximum Gasteiger partial charge on any atom is 0.238 e. The van der Waals surface area contributed by atoms with E-state index in [2.05, 4.69) is 15.2 Å². The molecule has 1 amide bonds. The summed E-state index contributed by atoms with van der Waals surface area (Å²) in [6.45, 7) is 2.86. The molecule has 1 aromatic rings. The molecule has 7 nitrogen and oxygen atoms in total. The van der Waals surface area contributed by atoms with Crippen molar-refractivity contribution in [2.45, 2.75) is 38.3 Å². The molecule has 0 radical (unpaired) electrons. The summed E-state index contributed by atoms with van der Waals surface area (Å²) in [6.07, 6.45) is 4.86. The fourth-order valence-corrected chi connectivity index (χ4v) is 5.13. The van der Waals surface area contributed by atoms with Crippen molar-refractivity contribution in [2.24, 2.45) is 0 Å². The molecular weight excluding hydrogens is 336 g/mol. The minimum absolute atomic E-state index is 0.233. The van der Waals surface area contributed by atoms with Crippen LogP contribution in [0.1, 0.15) is 31.4 Å². The van der Waals surface area contributed by atoms with Crippen LogP contribution in [0.15, 0.2) is 5.38 Å². The number of rotatable bonds is 5. The molecule has 1 N–H and O–H groups in total. The quantitative estimate of drug-likeness (QED) is 0.841. The van der Waals surface area contributed by atoms with Crippen LogP contribution in [0.25, 0.3) is 0 Å². The highest BCUT2D eigenvalue weighted by Gasteiger charge is 2.36. The largest absolute Gasteiger partial charge is 0.349 e. The Morgan fingerprint density at radius 3 is 2.78 bits per heavy atom. The number of carbonyl (C=O) groups excluding carboxylic acids is 1. The molecule has 9 heteroatoms. The zero-order valence-electron chi connectivity index (χ0n) is 13.2. The van der Waals surface area contributed by atoms with Crippen LogP contribution in [-0.4, -0.2) is 55.5 Å². The number of nitrogens with one attached hydrogen (secondary N) is 1. The topological polar surface area (TPSA) is 82.6 Å². The summed E-state index contributed by atoms with van der Waals surface area (Å²) in [5, 5.41) is 5.79. The fraction of sp³-hybridized carbons (Fsp3) is 0.714. The van der Waals surface area contributed by atoms with Crippen molar-refractivity contribution in [3.8, 4) is 0 Å². The smallest absolute Gasteiger partial charge is 0.238 e. The highest BCUT2D eigenvalue weighted by molar-refractivity contribution is 7.88. The van der Waals surface area contributed by atoms with Crippen molar-refractivity contribution < 1.29 is 13.2 Å². The Hall–Kier alpha value is -1.19. The summed E-state index contributed by atoms with van der Waals surface area (Å²) in [7, 11) is -3.33. The summed E-state index contributed by atoms with van der Waals surface area (Å²) in [5.74, 6) is -0.233. The second kappa shape index (κ2) is 6.74. The van der Waals surface area contributed by atoms with Gasteiger partial charge in [-0.1, -0.05) is 0 Å². The van der Waals surface area contributed by atoms with Crippen LogP contribution in [0.5, 0.6) is 0 Å². The summed E-state index contributed by atoms with van der Waals surface area (Å²) in [6, 6.07) is -0.582. The lowest BCUT2D eigenvalue weighted by Gasteiger charge is -2.21. The number of thiazole rings is 1. The van der Waals surface area contributed by atoms with Crippen LogP contribution in [0, 0.1) is 0 Å². The van der Waals surface area contributed by atoms with Gasteiger partial charge >= 0.3 is 0 Å². The SMILES string of the molecule is CS(=O)(=O)N1CCC[C@H]1C(=O)NCc1csc(N2CCCC2)n1. The predicted molar refractivity (Wildman–Crippen MR) is 90.0 cm³/mol. The van der Waals surface area contributed by atoms with Crippen molar-refractivity contribution in [1.29, 1.82) is 0 Å². The Kier molecular flexibility index (Phi) is 4.88. The van der Waals surface area contributed by atoms with Gasteiger partial charge < -0.3 is 10.2 Å². The minimum atomic E-state index is -3.33. The molecule has 0 spiro atoms. The number of aromatic nitrogens is 1. The first kappa shape index (κ1) is 16.7. The van der Waals surface area contributed by atoms with Gasteiger partial charge in [0.15, 0.2) is 5.13 Å². The average Bonchev–Trinajstić information content (AvgIpc) is 3.22. The molecule has 0 bridgehead atoms. The van der Waals surface area contributed by atoms with Gasteiger partial charge in [0, 0.05) is 25.0 Å². The number of carbonyl (C=O) groups is 1. The first-order valence-electron chi connectivity index (χ1n) is 7.89. The van der Waals surface area contributed by atoms with Gasteiger partial charge in [-0.2, -0.15) is 4.31 Å². The molecule has 0 saturated carbocycles. The Labute approximate surface area is 140 Å². The van der Waals surface area contributed by atoms with Gasteiger partial charge in [-0.3, -0.25) is 4.79 Å². The number of amides is 1. The summed E-state index contributed by atoms with van der Waals surface area (Å²) in [5.41, 5.74) is 0.828. The van der Waals surface area contributed by atoms with E-state index in [1.165, 1.54) is 17.1 Å². The highest BCUT2D eigenvalue weighted by Crippen LogP contribution is 2.24. The molecule has 0 aromatic carbocycles. The van der Waals surface area contributed by atoms with Crippen molar-refractivity contribution in [1.82, 2.24) is 14.6 Å². The molecule has 1 aromatic heterocycles. The number of sulfonamides is 1. The maximum atomic E-state index is 12.3. The van der Waals surface area contributed by atoms with E-state index in [0.717, 1.165) is 36.6 Å². The standard InChI is InChI=1S/C14H22N4O3S2/c1-23(20,21)18-8-4-5-12(18)13(19)15-9-11-10-22-14(16-11)17-6-2-3-7-17/h10,12H,2-9H2,1H3,(H,15,19)/t12-/m0/s1. The van der Waals surface area contributed by atoms with E-state index in [4.69, 9.17) is 0 Å². The van der Waals surface area contributed by atoms with Crippen LogP contribution in [0.2, 0.25) is 0 Å². The van der Waals surface area contributed by atoms with E-state index in [1.54, 1.807) is 11.3 Å². The summed E-state index contributed by atoms with van der Waals surface area (Å²) < 4.78 is 24.7. The molecule has 2 saturated heterocycles. The molecule has 0 aliphatic carbocycles. The van der Waals surface area contributed by atoms with Gasteiger partial charge in [0.1, 0.15) is 6.04 Å². The van der Waals surface area contributed by atoms with E-state index in [1.807, 2.05) is 5.38 Å². The Balaban J connectivity index is 1.56. The van der Waals surface area contributed by atoms with Crippen LogP contribution >= 0.6 is 11.3 Å². The second-order valence-electron chi connectivity index (χ2n) is 6.07. The van der Waals surface area contributed by atoms with Crippen molar-refractivity contribution >= 4 is 32.4 Å². The van der Waals surface area contributed by atoms with Crippen molar-refractivity contribution in [3.63, 3.8) is 0 Å². The average molecular weight is 358 g/mol. The third kappa shape index (κ3) is 3.84. The monoisotopic (exact) mass is 358 g/mol. The maximum absolute atomic E-state index is 12.3. The lowest BCUT2D eigenvalue weighted by Crippen LogP contribution is -2.45. The first-order valence-corrected chi connectivity index (χ1v) is 10.6. The Morgan fingerprint density at radius 2 is 2.09 bits per heavy atom. The molecule has 3 rings (SSSR count). The molecule has 2 fully saturated rings. The van der Waals surface area contributed by atoms with Crippen LogP contribution in [-0.2, 0) is 21.4 Å². The fourth-order valence-electron chi connectivity index (χ4n) is 3.13. The summed E-state index contributed by atoms with van der Waals surface area (Å²) >= 11 is 1.59. The Bertz CT molecular complexity index is 667. The number of hydrogen-bond donors (Lipinski definition) is 1. The zero-order chi connectivity index (χ0) is 16.4. The van der Waals surface area contributed by atoms with Crippen molar-refractivity contribution in [3.05, 3.63) is 11.1 Å². The molecule has 23 heavy (non-hydrogen) atoms. The minimum Gasteiger partial charge on any atom is -0.349 e. The highest BCUT2D eigenvalue weighted by atomic mass is 32.2. The molecule has 2 aliphatic rings. The lowest BCUT2D eigenvalue weighted by molar-refractivity contribution is -0.124. The van der Waals surface area contributed by atoms with E-state index < -0.39 is 16.1 Å². The number of hydrogen-bond acceptors (Lipinski definition) is 6. The van der Waals surface area contributed by atoms with Crippen LogP contribution in [0.3, 0.4) is 0 Å². The zero-order valence-corrected chi connectivity index (χ0v) is 14.8. The van der Waals surface area contributed by atoms with Gasteiger partial charge in [-0.15, -0.1) is 11.3 Å². The Morgan fingerprint density at radius 1 is 1.35 bits per heavy atom. The molecule has 1 atom stereocenters. The van der Waals surface area contributed by atoms with Gasteiger partial charge in [-0.25, -0.2) is 13.4 Å². The van der Waals surface area contributed by atoms with Gasteiger partial charge in [-0.05, 0) is 25.7 Å². The first-order chi connectivity index (χ1) is 10.9. The second-order valence-corrected chi connectivity index (χ2v) is 8.84. The third-order valence-corrected chi connectivity index (χ3v) is 6.53. The van der Waals surface area contributed by atoms with E-state index in [0.29, 0.717) is 19.5 Å². The van der Waals surface area contributed by atoms with Gasteiger partial charge in [0.05, 0.1) is 18.5 Å². The number of anilines is 1. The third-order valence-electron chi connectivity index (χ3n) is 4.29. The molecule has 3 heterocycles. The molecule has 128 valence electrons. The van der Waals surface area contributed by atoms with Crippen molar-refractivity contribution in [2.75, 3.05) is 30.8 Å². The molecule has 2 aliphatic heterocycles. The molecule has 0 unspecified atom stereocenters. The summed E-state index contributed by atoms with van der Waals surface area (Å²) in [4.78, 5) is 19.1. The number of nitrogens with zero attached hydrogens (tertiary/aromatic N) is 3. The van der Waals surface area contributed by atoms with Gasteiger partial charge in [0.2, 0.25) is 15.9 Å². The van der Waals surface area contributed by atoms with E-state index >= 15 is 0 Å². The van der Waals surface area contributed by atoms with E-state index in [-0.39, 0.29) is 5.91 Å². The normalized spacial score (nSPS) is 22.7. The van der Waals surface area contributed by atoms with E-state index in [9.17, 15) is 13.2 Å². The van der Waals surface area contributed by atoms with Crippen LogP contribution in [0.4, 0.5) is 5.13 Å².